The van der Waals surface area contributed by atoms with E-state index >= 15 is 0 Å². The Kier molecular flexibility index (Phi) is 4.79. The van der Waals surface area contributed by atoms with E-state index in [1.165, 1.54) is 30.8 Å². The maximum absolute atomic E-state index is 3.33. The third-order valence-electron chi connectivity index (χ3n) is 3.86. The highest BCUT2D eigenvalue weighted by molar-refractivity contribution is 5.24. The Morgan fingerprint density at radius 2 is 1.89 bits per heavy atom. The van der Waals surface area contributed by atoms with Gasteiger partial charge in [-0.3, -0.25) is 0 Å². The molecule has 0 saturated carbocycles. The topological polar surface area (TPSA) is 15.3 Å². The molecule has 100 valence electrons. The maximum Gasteiger partial charge on any atom is 0.00311 e. The lowest BCUT2D eigenvalue weighted by Crippen LogP contribution is -2.47. The Labute approximate surface area is 111 Å². The molecular formula is C16H26N2. The van der Waals surface area contributed by atoms with Crippen molar-refractivity contribution in [1.29, 1.82) is 0 Å². The molecule has 1 N–H and O–H groups in total. The monoisotopic (exact) mass is 246 g/mol. The second-order valence-corrected chi connectivity index (χ2v) is 5.93. The van der Waals surface area contributed by atoms with Crippen LogP contribution in [0.25, 0.3) is 0 Å². The first kappa shape index (κ1) is 13.6. The number of nitrogens with one attached hydrogen (secondary N) is 1. The van der Waals surface area contributed by atoms with Crippen molar-refractivity contribution in [2.24, 2.45) is 5.92 Å². The summed E-state index contributed by atoms with van der Waals surface area (Å²) in [7, 11) is 2.24. The van der Waals surface area contributed by atoms with Gasteiger partial charge in [-0.25, -0.2) is 0 Å². The fourth-order valence-corrected chi connectivity index (χ4v) is 2.40. The van der Waals surface area contributed by atoms with Gasteiger partial charge in [0.05, 0.1) is 0 Å². The third kappa shape index (κ3) is 3.82. The smallest absolute Gasteiger partial charge is 0.00311 e. The standard InChI is InChI=1S/C16H26N2/c1-13(2)16-6-4-14(5-7-16)8-9-18(3)12-15-10-17-11-15/h4-7,13,15,17H,8-12H2,1-3H3. The van der Waals surface area contributed by atoms with Crippen LogP contribution in [0.2, 0.25) is 0 Å². The van der Waals surface area contributed by atoms with Gasteiger partial charge in [0, 0.05) is 26.2 Å². The maximum atomic E-state index is 3.33. The van der Waals surface area contributed by atoms with Gasteiger partial charge in [0.15, 0.2) is 0 Å². The van der Waals surface area contributed by atoms with Gasteiger partial charge < -0.3 is 10.2 Å². The summed E-state index contributed by atoms with van der Waals surface area (Å²) in [4.78, 5) is 2.46. The van der Waals surface area contributed by atoms with E-state index in [1.807, 2.05) is 0 Å². The first-order valence-corrected chi connectivity index (χ1v) is 7.13. The molecule has 1 aromatic carbocycles. The molecule has 1 aliphatic heterocycles. The van der Waals surface area contributed by atoms with Crippen LogP contribution in [-0.4, -0.2) is 38.1 Å². The number of hydrogen-bond donors (Lipinski definition) is 1. The van der Waals surface area contributed by atoms with Crippen molar-refractivity contribution in [3.05, 3.63) is 35.4 Å². The van der Waals surface area contributed by atoms with Crippen LogP contribution in [0.1, 0.15) is 30.9 Å². The van der Waals surface area contributed by atoms with Crippen LogP contribution in [0.3, 0.4) is 0 Å². The van der Waals surface area contributed by atoms with Gasteiger partial charge in [0.1, 0.15) is 0 Å². The molecule has 0 aromatic heterocycles. The Morgan fingerprint density at radius 3 is 2.39 bits per heavy atom. The van der Waals surface area contributed by atoms with E-state index in [0.29, 0.717) is 5.92 Å². The lowest BCUT2D eigenvalue weighted by Gasteiger charge is -2.31. The molecule has 1 aromatic rings. The van der Waals surface area contributed by atoms with Gasteiger partial charge in [0.2, 0.25) is 0 Å². The average Bonchev–Trinajstić information content (AvgIpc) is 2.32. The Bertz CT molecular complexity index is 352. The van der Waals surface area contributed by atoms with Crippen LogP contribution in [0.15, 0.2) is 24.3 Å². The van der Waals surface area contributed by atoms with Gasteiger partial charge in [-0.2, -0.15) is 0 Å². The van der Waals surface area contributed by atoms with E-state index in [4.69, 9.17) is 0 Å². The highest BCUT2D eigenvalue weighted by Gasteiger charge is 2.17. The molecule has 0 amide bonds. The summed E-state index contributed by atoms with van der Waals surface area (Å²) < 4.78 is 0. The van der Waals surface area contributed by atoms with Crippen molar-refractivity contribution in [2.75, 3.05) is 33.2 Å². The summed E-state index contributed by atoms with van der Waals surface area (Å²) in [6.45, 7) is 9.29. The minimum Gasteiger partial charge on any atom is -0.316 e. The first-order chi connectivity index (χ1) is 8.65. The number of nitrogens with zero attached hydrogens (tertiary/aromatic N) is 1. The van der Waals surface area contributed by atoms with Crippen LogP contribution in [0, 0.1) is 5.92 Å². The number of rotatable bonds is 6. The number of benzene rings is 1. The van der Waals surface area contributed by atoms with Gasteiger partial charge in [-0.15, -0.1) is 0 Å². The molecule has 1 saturated heterocycles. The summed E-state index contributed by atoms with van der Waals surface area (Å²) in [5.74, 6) is 1.51. The Hall–Kier alpha value is -0.860. The summed E-state index contributed by atoms with van der Waals surface area (Å²) >= 11 is 0. The summed E-state index contributed by atoms with van der Waals surface area (Å²) in [5, 5.41) is 3.33. The van der Waals surface area contributed by atoms with Crippen LogP contribution in [0.5, 0.6) is 0 Å². The molecule has 2 rings (SSSR count). The van der Waals surface area contributed by atoms with Gasteiger partial charge in [-0.1, -0.05) is 38.1 Å². The molecule has 0 radical (unpaired) electrons. The van der Waals surface area contributed by atoms with E-state index in [-0.39, 0.29) is 0 Å². The SMILES string of the molecule is CC(C)c1ccc(CCN(C)CC2CNC2)cc1. The number of hydrogen-bond acceptors (Lipinski definition) is 2. The van der Waals surface area contributed by atoms with E-state index in [9.17, 15) is 0 Å². The summed E-state index contributed by atoms with van der Waals surface area (Å²) in [5.41, 5.74) is 2.89. The van der Waals surface area contributed by atoms with Crippen molar-refractivity contribution >= 4 is 0 Å². The molecule has 0 aliphatic carbocycles. The fraction of sp³-hybridized carbons (Fsp3) is 0.625. The van der Waals surface area contributed by atoms with Crippen molar-refractivity contribution in [3.63, 3.8) is 0 Å². The predicted molar refractivity (Wildman–Crippen MR) is 78.1 cm³/mol. The van der Waals surface area contributed by atoms with Crippen LogP contribution < -0.4 is 5.32 Å². The molecular weight excluding hydrogens is 220 g/mol. The van der Waals surface area contributed by atoms with E-state index in [1.54, 1.807) is 0 Å². The molecule has 0 bridgehead atoms. The molecule has 1 aliphatic rings. The zero-order valence-electron chi connectivity index (χ0n) is 11.9. The Balaban J connectivity index is 1.74. The highest BCUT2D eigenvalue weighted by Crippen LogP contribution is 2.15. The number of likely N-dealkylation sites (N-methyl/N-ethyl adjacent to an activating group) is 1. The predicted octanol–water partition coefficient (Wildman–Crippen LogP) is 2.50. The van der Waals surface area contributed by atoms with E-state index < -0.39 is 0 Å². The summed E-state index contributed by atoms with van der Waals surface area (Å²) in [6, 6.07) is 9.12. The first-order valence-electron chi connectivity index (χ1n) is 7.13. The van der Waals surface area contributed by atoms with Crippen molar-refractivity contribution in [3.8, 4) is 0 Å². The Morgan fingerprint density at radius 1 is 1.22 bits per heavy atom. The minimum absolute atomic E-state index is 0.632. The van der Waals surface area contributed by atoms with Gasteiger partial charge >= 0.3 is 0 Å². The average molecular weight is 246 g/mol. The molecule has 2 heteroatoms. The molecule has 0 spiro atoms. The molecule has 0 unspecified atom stereocenters. The molecule has 2 nitrogen and oxygen atoms in total. The van der Waals surface area contributed by atoms with Crippen molar-refractivity contribution in [2.45, 2.75) is 26.2 Å². The van der Waals surface area contributed by atoms with E-state index in [2.05, 4.69) is 55.4 Å². The second kappa shape index (κ2) is 6.35. The van der Waals surface area contributed by atoms with Crippen molar-refractivity contribution in [1.82, 2.24) is 10.2 Å². The molecule has 1 fully saturated rings. The van der Waals surface area contributed by atoms with Crippen LogP contribution in [-0.2, 0) is 6.42 Å². The largest absolute Gasteiger partial charge is 0.316 e. The zero-order chi connectivity index (χ0) is 13.0. The lowest BCUT2D eigenvalue weighted by molar-refractivity contribution is 0.226. The quantitative estimate of drug-likeness (QED) is 0.829. The molecule has 1 heterocycles. The molecule has 0 atom stereocenters. The second-order valence-electron chi connectivity index (χ2n) is 5.93. The fourth-order valence-electron chi connectivity index (χ4n) is 2.40. The van der Waals surface area contributed by atoms with Gasteiger partial charge in [0.25, 0.3) is 0 Å². The third-order valence-corrected chi connectivity index (χ3v) is 3.86. The van der Waals surface area contributed by atoms with Crippen LogP contribution >= 0.6 is 0 Å². The van der Waals surface area contributed by atoms with Crippen LogP contribution in [0.4, 0.5) is 0 Å². The lowest BCUT2D eigenvalue weighted by atomic mass is 10.0. The highest BCUT2D eigenvalue weighted by atomic mass is 15.1. The van der Waals surface area contributed by atoms with Gasteiger partial charge in [-0.05, 0) is 36.4 Å². The van der Waals surface area contributed by atoms with Crippen molar-refractivity contribution < 1.29 is 0 Å². The summed E-state index contributed by atoms with van der Waals surface area (Å²) in [6.07, 6.45) is 1.16. The minimum atomic E-state index is 0.632. The van der Waals surface area contributed by atoms with E-state index in [0.717, 1.165) is 18.9 Å². The molecule has 18 heavy (non-hydrogen) atoms. The zero-order valence-corrected chi connectivity index (χ0v) is 11.9. The normalized spacial score (nSPS) is 16.3.